The van der Waals surface area contributed by atoms with Gasteiger partial charge in [0.05, 0.1) is 0 Å². The summed E-state index contributed by atoms with van der Waals surface area (Å²) in [4.78, 5) is 0. The second-order valence-corrected chi connectivity index (χ2v) is 4.33. The number of sulfonamides is 1. The van der Waals surface area contributed by atoms with Crippen molar-refractivity contribution in [3.63, 3.8) is 0 Å². The molecule has 9 heavy (non-hydrogen) atoms. The highest BCUT2D eigenvalue weighted by atomic mass is 35.5. The molecule has 0 atom stereocenters. The number of hydrogen-bond acceptors (Lipinski definition) is 2. The zero-order chi connectivity index (χ0) is 7.49. The molecule has 0 aliphatic carbocycles. The van der Waals surface area contributed by atoms with Crippen LogP contribution in [-0.4, -0.2) is 19.7 Å². The lowest BCUT2D eigenvalue weighted by Crippen LogP contribution is -2.30. The third-order valence-corrected chi connectivity index (χ3v) is 2.54. The second kappa shape index (κ2) is 3.39. The van der Waals surface area contributed by atoms with Crippen LogP contribution in [0.4, 0.5) is 0 Å². The maximum Gasteiger partial charge on any atom is 0.225 e. The van der Waals surface area contributed by atoms with Crippen molar-refractivity contribution in [1.29, 1.82) is 0 Å². The van der Waals surface area contributed by atoms with Gasteiger partial charge in [-0.25, -0.2) is 13.1 Å². The smallest absolute Gasteiger partial charge is 0.212 e. The Morgan fingerprint density at radius 1 is 1.56 bits per heavy atom. The van der Waals surface area contributed by atoms with Crippen molar-refractivity contribution in [1.82, 2.24) is 4.72 Å². The zero-order valence-corrected chi connectivity index (χ0v) is 6.96. The topological polar surface area (TPSA) is 46.2 Å². The van der Waals surface area contributed by atoms with E-state index in [2.05, 4.69) is 4.72 Å². The van der Waals surface area contributed by atoms with Crippen molar-refractivity contribution < 1.29 is 8.42 Å². The summed E-state index contributed by atoms with van der Waals surface area (Å²) in [5.41, 5.74) is 0. The van der Waals surface area contributed by atoms with Gasteiger partial charge in [-0.05, 0) is 13.8 Å². The van der Waals surface area contributed by atoms with E-state index >= 15 is 0 Å². The minimum atomic E-state index is -3.20. The first-order valence-electron chi connectivity index (χ1n) is 2.54. The van der Waals surface area contributed by atoms with E-state index in [1.54, 1.807) is 13.8 Å². The van der Waals surface area contributed by atoms with Crippen LogP contribution in [0, 0.1) is 0 Å². The SMILES string of the molecule is CC(C)NS(=O)(=O)CCl. The number of halogens is 1. The Kier molecular flexibility index (Phi) is 3.46. The standard InChI is InChI=1S/C4H10ClNO2S/c1-4(2)6-9(7,8)3-5/h4,6H,3H2,1-2H3. The summed E-state index contributed by atoms with van der Waals surface area (Å²) in [6.07, 6.45) is 0. The van der Waals surface area contributed by atoms with Crippen molar-refractivity contribution in [2.75, 3.05) is 5.21 Å². The van der Waals surface area contributed by atoms with Crippen molar-refractivity contribution in [2.24, 2.45) is 0 Å². The van der Waals surface area contributed by atoms with E-state index in [9.17, 15) is 8.42 Å². The van der Waals surface area contributed by atoms with Gasteiger partial charge in [0.2, 0.25) is 10.0 Å². The predicted molar refractivity (Wildman–Crippen MR) is 37.9 cm³/mol. The lowest BCUT2D eigenvalue weighted by molar-refractivity contribution is 0.574. The van der Waals surface area contributed by atoms with Gasteiger partial charge in [-0.1, -0.05) is 0 Å². The number of rotatable bonds is 3. The predicted octanol–water partition coefficient (Wildman–Crippen LogP) is 0.510. The third-order valence-electron chi connectivity index (χ3n) is 0.559. The Bertz CT molecular complexity index is 163. The molecule has 0 aromatic carbocycles. The number of hydrogen-bond donors (Lipinski definition) is 1. The van der Waals surface area contributed by atoms with Gasteiger partial charge < -0.3 is 0 Å². The highest BCUT2D eigenvalue weighted by molar-refractivity contribution is 7.90. The lowest BCUT2D eigenvalue weighted by Gasteiger charge is -2.04. The van der Waals surface area contributed by atoms with Gasteiger partial charge in [-0.15, -0.1) is 11.6 Å². The van der Waals surface area contributed by atoms with Gasteiger partial charge in [0.15, 0.2) is 0 Å². The van der Waals surface area contributed by atoms with Crippen molar-refractivity contribution in [3.05, 3.63) is 0 Å². The molecule has 0 rings (SSSR count). The largest absolute Gasteiger partial charge is 0.225 e. The van der Waals surface area contributed by atoms with Gasteiger partial charge in [0.25, 0.3) is 0 Å². The summed E-state index contributed by atoms with van der Waals surface area (Å²) in [5.74, 6) is 0. The first-order valence-corrected chi connectivity index (χ1v) is 4.72. The second-order valence-electron chi connectivity index (χ2n) is 2.00. The lowest BCUT2D eigenvalue weighted by atomic mass is 10.4. The Hall–Kier alpha value is 0.200. The molecule has 0 fully saturated rings. The molecule has 0 amide bonds. The van der Waals surface area contributed by atoms with E-state index in [0.717, 1.165) is 0 Å². The van der Waals surface area contributed by atoms with Crippen LogP contribution in [-0.2, 0) is 10.0 Å². The quantitative estimate of drug-likeness (QED) is 0.629. The molecule has 56 valence electrons. The van der Waals surface area contributed by atoms with Crippen LogP contribution in [0.25, 0.3) is 0 Å². The molecule has 0 aliphatic heterocycles. The van der Waals surface area contributed by atoms with E-state index < -0.39 is 10.0 Å². The molecule has 3 nitrogen and oxygen atoms in total. The molecule has 0 spiro atoms. The Morgan fingerprint density at radius 2 is 2.00 bits per heavy atom. The van der Waals surface area contributed by atoms with Gasteiger partial charge in [-0.2, -0.15) is 0 Å². The summed E-state index contributed by atoms with van der Waals surface area (Å²) >= 11 is 5.09. The van der Waals surface area contributed by atoms with E-state index in [1.165, 1.54) is 0 Å². The van der Waals surface area contributed by atoms with Crippen LogP contribution in [0.3, 0.4) is 0 Å². The van der Waals surface area contributed by atoms with Crippen molar-refractivity contribution in [2.45, 2.75) is 19.9 Å². The Morgan fingerprint density at radius 3 is 2.11 bits per heavy atom. The molecule has 0 aromatic heterocycles. The maximum atomic E-state index is 10.6. The minimum absolute atomic E-state index is 0.0752. The van der Waals surface area contributed by atoms with E-state index in [4.69, 9.17) is 11.6 Å². The molecule has 1 N–H and O–H groups in total. The van der Waals surface area contributed by atoms with E-state index in [-0.39, 0.29) is 11.3 Å². The van der Waals surface area contributed by atoms with Gasteiger partial charge >= 0.3 is 0 Å². The molecular weight excluding hydrogens is 162 g/mol. The molecule has 0 saturated heterocycles. The molecule has 0 saturated carbocycles. The third kappa shape index (κ3) is 4.69. The monoisotopic (exact) mass is 171 g/mol. The average Bonchev–Trinajstić information content (AvgIpc) is 1.63. The summed E-state index contributed by atoms with van der Waals surface area (Å²) in [6, 6.07) is -0.0752. The fraction of sp³-hybridized carbons (Fsp3) is 1.00. The first-order chi connectivity index (χ1) is 3.98. The molecule has 0 aromatic rings. The molecule has 0 radical (unpaired) electrons. The van der Waals surface area contributed by atoms with Crippen LogP contribution in [0.2, 0.25) is 0 Å². The maximum absolute atomic E-state index is 10.6. The van der Waals surface area contributed by atoms with Crippen LogP contribution >= 0.6 is 11.6 Å². The summed E-state index contributed by atoms with van der Waals surface area (Å²) < 4.78 is 23.4. The van der Waals surface area contributed by atoms with Crippen LogP contribution in [0.1, 0.15) is 13.8 Å². The molecule has 0 aliphatic rings. The molecule has 0 heterocycles. The average molecular weight is 172 g/mol. The van der Waals surface area contributed by atoms with Gasteiger partial charge in [0, 0.05) is 6.04 Å². The fourth-order valence-electron chi connectivity index (χ4n) is 0.391. The van der Waals surface area contributed by atoms with Crippen LogP contribution in [0.15, 0.2) is 0 Å². The van der Waals surface area contributed by atoms with Gasteiger partial charge in [-0.3, -0.25) is 0 Å². The Labute approximate surface area is 60.4 Å². The van der Waals surface area contributed by atoms with Gasteiger partial charge in [0.1, 0.15) is 5.21 Å². The molecular formula is C4H10ClNO2S. The Balaban J connectivity index is 3.90. The fourth-order valence-corrected chi connectivity index (χ4v) is 1.36. The molecule has 0 bridgehead atoms. The summed E-state index contributed by atoms with van der Waals surface area (Å²) in [5, 5.41) is -0.370. The minimum Gasteiger partial charge on any atom is -0.212 e. The van der Waals surface area contributed by atoms with Crippen molar-refractivity contribution in [3.8, 4) is 0 Å². The molecule has 5 heteroatoms. The zero-order valence-electron chi connectivity index (χ0n) is 5.39. The first kappa shape index (κ1) is 9.20. The summed E-state index contributed by atoms with van der Waals surface area (Å²) in [7, 11) is -3.20. The number of alkyl halides is 1. The van der Waals surface area contributed by atoms with E-state index in [0.29, 0.717) is 0 Å². The normalized spacial score (nSPS) is 12.4. The van der Waals surface area contributed by atoms with Crippen molar-refractivity contribution >= 4 is 21.6 Å². The summed E-state index contributed by atoms with van der Waals surface area (Å²) in [6.45, 7) is 3.48. The highest BCUT2D eigenvalue weighted by Crippen LogP contribution is 1.89. The van der Waals surface area contributed by atoms with Crippen LogP contribution in [0.5, 0.6) is 0 Å². The highest BCUT2D eigenvalue weighted by Gasteiger charge is 2.07. The van der Waals surface area contributed by atoms with E-state index in [1.807, 2.05) is 0 Å². The molecule has 0 unspecified atom stereocenters. The van der Waals surface area contributed by atoms with Crippen LogP contribution < -0.4 is 4.72 Å². The number of nitrogens with one attached hydrogen (secondary N) is 1.